The number of guanidine groups is 1. The molecule has 1 fully saturated rings. The molecule has 0 spiro atoms. The molecule has 2 aromatic heterocycles. The highest BCUT2D eigenvalue weighted by molar-refractivity contribution is 14.0. The van der Waals surface area contributed by atoms with E-state index < -0.39 is 11.9 Å². The van der Waals surface area contributed by atoms with Gasteiger partial charge in [0.2, 0.25) is 0 Å². The van der Waals surface area contributed by atoms with Gasteiger partial charge in [-0.2, -0.15) is 18.3 Å². The normalized spacial score (nSPS) is 20.8. The molecule has 156 valence electrons. The molecule has 0 bridgehead atoms. The summed E-state index contributed by atoms with van der Waals surface area (Å²) in [6, 6.07) is 0.240. The van der Waals surface area contributed by atoms with Gasteiger partial charge in [0.25, 0.3) is 0 Å². The van der Waals surface area contributed by atoms with Crippen LogP contribution in [0.3, 0.4) is 0 Å². The maximum Gasteiger partial charge on any atom is 0.435 e. The average Bonchev–Trinajstić information content (AvgIpc) is 3.26. The lowest BCUT2D eigenvalue weighted by Crippen LogP contribution is -2.48. The molecule has 0 radical (unpaired) electrons. The van der Waals surface area contributed by atoms with E-state index in [1.54, 1.807) is 19.6 Å². The number of piperidine rings is 1. The minimum absolute atomic E-state index is 0. The monoisotopic (exact) mass is 511 g/mol. The van der Waals surface area contributed by atoms with Gasteiger partial charge in [0.1, 0.15) is 0 Å². The highest BCUT2D eigenvalue weighted by Gasteiger charge is 2.37. The molecule has 1 saturated heterocycles. The van der Waals surface area contributed by atoms with Crippen LogP contribution in [0.4, 0.5) is 13.2 Å². The third-order valence-electron chi connectivity index (χ3n) is 4.95. The molecule has 1 aliphatic rings. The van der Waals surface area contributed by atoms with E-state index in [0.29, 0.717) is 11.9 Å². The summed E-state index contributed by atoms with van der Waals surface area (Å²) in [5.74, 6) is 1.06. The Kier molecular flexibility index (Phi) is 7.34. The van der Waals surface area contributed by atoms with E-state index in [2.05, 4.69) is 36.8 Å². The van der Waals surface area contributed by atoms with Crippen LogP contribution in [-0.2, 0) is 19.8 Å². The predicted molar refractivity (Wildman–Crippen MR) is 110 cm³/mol. The van der Waals surface area contributed by atoms with Crippen molar-refractivity contribution in [2.75, 3.05) is 20.1 Å². The molecule has 0 aromatic carbocycles. The number of imidazole rings is 1. The number of aromatic nitrogens is 4. The number of halogens is 4. The predicted octanol–water partition coefficient (Wildman–Crippen LogP) is 2.91. The molecule has 2 aromatic rings. The zero-order valence-corrected chi connectivity index (χ0v) is 18.3. The summed E-state index contributed by atoms with van der Waals surface area (Å²) in [5, 5.41) is 6.60. The van der Waals surface area contributed by atoms with Gasteiger partial charge in [-0.3, -0.25) is 9.67 Å². The first-order valence-electron chi connectivity index (χ1n) is 8.82. The standard InChI is InChI=1S/C17H24F3N7.HI/c1-12-4-6-26(10-14(12)27-7-5-22-11-27)16(21-2)23-8-13-9-25(3)24-15(13)17(18,19)20;/h5,7,9,11-12,14H,4,6,8,10H2,1-3H3,(H,21,23);1H. The van der Waals surface area contributed by atoms with Gasteiger partial charge in [-0.15, -0.1) is 24.0 Å². The van der Waals surface area contributed by atoms with Gasteiger partial charge in [-0.25, -0.2) is 4.98 Å². The molecule has 11 heteroatoms. The highest BCUT2D eigenvalue weighted by Crippen LogP contribution is 2.31. The zero-order chi connectivity index (χ0) is 19.6. The van der Waals surface area contributed by atoms with Crippen molar-refractivity contribution in [2.24, 2.45) is 18.0 Å². The number of hydrogen-bond donors (Lipinski definition) is 1. The van der Waals surface area contributed by atoms with Crippen LogP contribution < -0.4 is 5.32 Å². The smallest absolute Gasteiger partial charge is 0.352 e. The van der Waals surface area contributed by atoms with E-state index in [-0.39, 0.29) is 42.1 Å². The van der Waals surface area contributed by atoms with Gasteiger partial charge in [-0.1, -0.05) is 6.92 Å². The molecule has 0 saturated carbocycles. The summed E-state index contributed by atoms with van der Waals surface area (Å²) >= 11 is 0. The molecule has 0 amide bonds. The van der Waals surface area contributed by atoms with Crippen molar-refractivity contribution in [3.05, 3.63) is 36.2 Å². The number of hydrogen-bond acceptors (Lipinski definition) is 3. The third kappa shape index (κ3) is 4.97. The fraction of sp³-hybridized carbons (Fsp3) is 0.588. The van der Waals surface area contributed by atoms with Crippen molar-refractivity contribution in [3.8, 4) is 0 Å². The summed E-state index contributed by atoms with van der Waals surface area (Å²) in [4.78, 5) is 10.5. The molecule has 7 nitrogen and oxygen atoms in total. The average molecular weight is 511 g/mol. The van der Waals surface area contributed by atoms with Crippen LogP contribution in [-0.4, -0.2) is 50.3 Å². The molecule has 1 N–H and O–H groups in total. The van der Waals surface area contributed by atoms with Gasteiger partial charge in [-0.05, 0) is 12.3 Å². The van der Waals surface area contributed by atoms with Crippen LogP contribution in [0, 0.1) is 5.92 Å². The Labute approximate surface area is 179 Å². The van der Waals surface area contributed by atoms with Crippen LogP contribution in [0.25, 0.3) is 0 Å². The van der Waals surface area contributed by atoms with Crippen LogP contribution in [0.2, 0.25) is 0 Å². The fourth-order valence-corrected chi connectivity index (χ4v) is 3.51. The number of nitrogens with zero attached hydrogens (tertiary/aromatic N) is 6. The summed E-state index contributed by atoms with van der Waals surface area (Å²) in [6.07, 6.45) is 3.35. The van der Waals surface area contributed by atoms with Gasteiger partial charge >= 0.3 is 6.18 Å². The Morgan fingerprint density at radius 1 is 1.39 bits per heavy atom. The van der Waals surface area contributed by atoms with Crippen LogP contribution in [0.5, 0.6) is 0 Å². The second-order valence-corrected chi connectivity index (χ2v) is 6.86. The Morgan fingerprint density at radius 2 is 2.14 bits per heavy atom. The number of rotatable bonds is 3. The molecule has 2 unspecified atom stereocenters. The maximum atomic E-state index is 13.1. The minimum atomic E-state index is -4.48. The van der Waals surface area contributed by atoms with Crippen molar-refractivity contribution in [1.82, 2.24) is 29.5 Å². The maximum absolute atomic E-state index is 13.1. The highest BCUT2D eigenvalue weighted by atomic mass is 127. The van der Waals surface area contributed by atoms with Crippen molar-refractivity contribution < 1.29 is 13.2 Å². The number of alkyl halides is 3. The second-order valence-electron chi connectivity index (χ2n) is 6.86. The minimum Gasteiger partial charge on any atom is -0.352 e. The molecule has 3 heterocycles. The number of nitrogens with one attached hydrogen (secondary N) is 1. The van der Waals surface area contributed by atoms with E-state index >= 15 is 0 Å². The summed E-state index contributed by atoms with van der Waals surface area (Å²) in [5.41, 5.74) is -0.765. The first-order chi connectivity index (χ1) is 12.8. The number of likely N-dealkylation sites (tertiary alicyclic amines) is 1. The van der Waals surface area contributed by atoms with Crippen LogP contribution in [0.1, 0.15) is 30.6 Å². The Bertz CT molecular complexity index is 785. The summed E-state index contributed by atoms with van der Waals surface area (Å²) < 4.78 is 42.6. The fourth-order valence-electron chi connectivity index (χ4n) is 3.51. The SMILES string of the molecule is CN=C(NCc1cn(C)nc1C(F)(F)F)N1CCC(C)C(n2ccnc2)C1.I. The zero-order valence-electron chi connectivity index (χ0n) is 16.0. The topological polar surface area (TPSA) is 63.3 Å². The molecular weight excluding hydrogens is 486 g/mol. The van der Waals surface area contributed by atoms with Crippen molar-refractivity contribution in [1.29, 1.82) is 0 Å². The first-order valence-corrected chi connectivity index (χ1v) is 8.82. The van der Waals surface area contributed by atoms with E-state index in [1.807, 2.05) is 6.20 Å². The molecule has 2 atom stereocenters. The first kappa shape index (κ1) is 22.5. The number of aliphatic imine (C=N–C) groups is 1. The summed E-state index contributed by atoms with van der Waals surface area (Å²) in [7, 11) is 3.12. The van der Waals surface area contributed by atoms with E-state index in [9.17, 15) is 13.2 Å². The van der Waals surface area contributed by atoms with Gasteiger partial charge in [0.15, 0.2) is 11.7 Å². The lowest BCUT2D eigenvalue weighted by molar-refractivity contribution is -0.142. The van der Waals surface area contributed by atoms with Crippen LogP contribution in [0.15, 0.2) is 29.9 Å². The second kappa shape index (κ2) is 9.14. The van der Waals surface area contributed by atoms with E-state index in [0.717, 1.165) is 19.5 Å². The molecule has 1 aliphatic heterocycles. The largest absolute Gasteiger partial charge is 0.435 e. The van der Waals surface area contributed by atoms with E-state index in [1.165, 1.54) is 17.9 Å². The van der Waals surface area contributed by atoms with Crippen molar-refractivity contribution >= 4 is 29.9 Å². The Balaban J connectivity index is 0.00000280. The summed E-state index contributed by atoms with van der Waals surface area (Å²) in [6.45, 7) is 3.72. The van der Waals surface area contributed by atoms with Crippen molar-refractivity contribution in [2.45, 2.75) is 32.1 Å². The lowest BCUT2D eigenvalue weighted by atomic mass is 9.93. The number of aryl methyl sites for hydroxylation is 1. The molecule has 28 heavy (non-hydrogen) atoms. The van der Waals surface area contributed by atoms with Crippen LogP contribution >= 0.6 is 24.0 Å². The van der Waals surface area contributed by atoms with E-state index in [4.69, 9.17) is 0 Å². The van der Waals surface area contributed by atoms with Gasteiger partial charge < -0.3 is 14.8 Å². The molecular formula is C17H25F3IN7. The van der Waals surface area contributed by atoms with Crippen molar-refractivity contribution in [3.63, 3.8) is 0 Å². The third-order valence-corrected chi connectivity index (χ3v) is 4.95. The Hall–Kier alpha value is -1.79. The quantitative estimate of drug-likeness (QED) is 0.391. The molecule has 0 aliphatic carbocycles. The Morgan fingerprint density at radius 3 is 2.75 bits per heavy atom. The molecule has 3 rings (SSSR count). The van der Waals surface area contributed by atoms with Gasteiger partial charge in [0.05, 0.1) is 12.4 Å². The van der Waals surface area contributed by atoms with Gasteiger partial charge in [0, 0.05) is 57.9 Å². The lowest BCUT2D eigenvalue weighted by Gasteiger charge is -2.39.